The van der Waals surface area contributed by atoms with Gasteiger partial charge in [0.25, 0.3) is 0 Å². The fourth-order valence-corrected chi connectivity index (χ4v) is 3.41. The smallest absolute Gasteiger partial charge is 0.123 e. The summed E-state index contributed by atoms with van der Waals surface area (Å²) in [7, 11) is 0. The minimum Gasteiger partial charge on any atom is -0.314 e. The molecule has 4 heteroatoms. The van der Waals surface area contributed by atoms with E-state index in [0.717, 1.165) is 44.6 Å². The number of nitrogens with zero attached hydrogens (tertiary/aromatic N) is 1. The monoisotopic (exact) mass is 298 g/mol. The van der Waals surface area contributed by atoms with Crippen molar-refractivity contribution in [2.75, 3.05) is 26.2 Å². The van der Waals surface area contributed by atoms with Crippen LogP contribution in [0.5, 0.6) is 0 Å². The topological polar surface area (TPSA) is 15.3 Å². The standard InChI is InChI=1S/C16H24ClFN2/c1-3-4-12(2)16(20-9-7-19-8-10-20)14-11-13(18)5-6-15(14)17/h5-6,11-12,16,19H,3-4,7-10H2,1-2H3/t12?,16-/m1/s1. The zero-order chi connectivity index (χ0) is 14.5. The predicted molar refractivity (Wildman–Crippen MR) is 82.7 cm³/mol. The van der Waals surface area contributed by atoms with Crippen LogP contribution in [-0.2, 0) is 0 Å². The predicted octanol–water partition coefficient (Wildman–Crippen LogP) is 3.86. The molecule has 20 heavy (non-hydrogen) atoms. The van der Waals surface area contributed by atoms with Gasteiger partial charge in [-0.05, 0) is 36.1 Å². The van der Waals surface area contributed by atoms with E-state index in [-0.39, 0.29) is 11.9 Å². The van der Waals surface area contributed by atoms with Crippen molar-refractivity contribution < 1.29 is 4.39 Å². The first-order chi connectivity index (χ1) is 9.63. The van der Waals surface area contributed by atoms with Crippen molar-refractivity contribution in [2.24, 2.45) is 5.92 Å². The summed E-state index contributed by atoms with van der Waals surface area (Å²) >= 11 is 6.35. The molecular formula is C16H24ClFN2. The van der Waals surface area contributed by atoms with Gasteiger partial charge in [-0.3, -0.25) is 4.90 Å². The molecule has 2 atom stereocenters. The minimum absolute atomic E-state index is 0.201. The number of piperazine rings is 1. The van der Waals surface area contributed by atoms with E-state index in [1.807, 2.05) is 0 Å². The lowest BCUT2D eigenvalue weighted by atomic mass is 9.89. The van der Waals surface area contributed by atoms with E-state index in [1.54, 1.807) is 12.1 Å². The molecule has 1 unspecified atom stereocenters. The number of nitrogens with one attached hydrogen (secondary N) is 1. The van der Waals surface area contributed by atoms with Gasteiger partial charge in [0.2, 0.25) is 0 Å². The van der Waals surface area contributed by atoms with Crippen LogP contribution in [0.4, 0.5) is 4.39 Å². The SMILES string of the molecule is CCCC(C)[C@H](c1cc(F)ccc1Cl)N1CCNCC1. The van der Waals surface area contributed by atoms with Gasteiger partial charge in [0.05, 0.1) is 0 Å². The normalized spacial score (nSPS) is 19.8. The van der Waals surface area contributed by atoms with Crippen LogP contribution in [0, 0.1) is 11.7 Å². The fraction of sp³-hybridized carbons (Fsp3) is 0.625. The maximum absolute atomic E-state index is 13.6. The Balaban J connectivity index is 2.31. The maximum atomic E-state index is 13.6. The van der Waals surface area contributed by atoms with Crippen LogP contribution in [0.1, 0.15) is 38.3 Å². The van der Waals surface area contributed by atoms with E-state index in [4.69, 9.17) is 11.6 Å². The average Bonchev–Trinajstić information content (AvgIpc) is 2.44. The Kier molecular flexibility index (Phi) is 5.82. The highest BCUT2D eigenvalue weighted by Gasteiger charge is 2.28. The van der Waals surface area contributed by atoms with Crippen LogP contribution < -0.4 is 5.32 Å². The largest absolute Gasteiger partial charge is 0.314 e. The summed E-state index contributed by atoms with van der Waals surface area (Å²) in [4.78, 5) is 2.44. The Morgan fingerprint density at radius 3 is 2.70 bits per heavy atom. The molecule has 0 spiro atoms. The van der Waals surface area contributed by atoms with Gasteiger partial charge in [-0.15, -0.1) is 0 Å². The van der Waals surface area contributed by atoms with Crippen molar-refractivity contribution in [1.29, 1.82) is 0 Å². The molecule has 1 aliphatic rings. The Hall–Kier alpha value is -0.640. The second-order valence-electron chi connectivity index (χ2n) is 5.66. The minimum atomic E-state index is -0.201. The van der Waals surface area contributed by atoms with Crippen LogP contribution in [0.15, 0.2) is 18.2 Å². The Labute approximate surface area is 126 Å². The molecule has 1 aliphatic heterocycles. The summed E-state index contributed by atoms with van der Waals surface area (Å²) in [5, 5.41) is 4.05. The summed E-state index contributed by atoms with van der Waals surface area (Å²) in [6.07, 6.45) is 2.26. The highest BCUT2D eigenvalue weighted by Crippen LogP contribution is 2.36. The van der Waals surface area contributed by atoms with Gasteiger partial charge in [0.1, 0.15) is 5.82 Å². The molecule has 1 heterocycles. The first-order valence-electron chi connectivity index (χ1n) is 7.53. The van der Waals surface area contributed by atoms with Gasteiger partial charge in [-0.2, -0.15) is 0 Å². The molecule has 0 amide bonds. The highest BCUT2D eigenvalue weighted by atomic mass is 35.5. The second-order valence-corrected chi connectivity index (χ2v) is 6.07. The number of benzene rings is 1. The fourth-order valence-electron chi connectivity index (χ4n) is 3.18. The Morgan fingerprint density at radius 2 is 2.05 bits per heavy atom. The number of hydrogen-bond acceptors (Lipinski definition) is 2. The Morgan fingerprint density at radius 1 is 1.35 bits per heavy atom. The van der Waals surface area contributed by atoms with Gasteiger partial charge in [0.15, 0.2) is 0 Å². The third kappa shape index (κ3) is 3.72. The summed E-state index contributed by atoms with van der Waals surface area (Å²) < 4.78 is 13.6. The van der Waals surface area contributed by atoms with Crippen molar-refractivity contribution in [2.45, 2.75) is 32.7 Å². The first-order valence-corrected chi connectivity index (χ1v) is 7.91. The first kappa shape index (κ1) is 15.7. The summed E-state index contributed by atoms with van der Waals surface area (Å²) in [5.74, 6) is 0.269. The van der Waals surface area contributed by atoms with Gasteiger partial charge < -0.3 is 5.32 Å². The number of halogens is 2. The summed E-state index contributed by atoms with van der Waals surface area (Å²) in [6, 6.07) is 4.94. The Bertz CT molecular complexity index is 432. The van der Waals surface area contributed by atoms with Crippen LogP contribution in [0.2, 0.25) is 5.02 Å². The van der Waals surface area contributed by atoms with Crippen LogP contribution in [-0.4, -0.2) is 31.1 Å². The molecule has 0 saturated carbocycles. The maximum Gasteiger partial charge on any atom is 0.123 e. The second kappa shape index (κ2) is 7.39. The van der Waals surface area contributed by atoms with E-state index >= 15 is 0 Å². The molecule has 0 radical (unpaired) electrons. The molecule has 1 aromatic rings. The third-order valence-electron chi connectivity index (χ3n) is 4.10. The lowest BCUT2D eigenvalue weighted by Gasteiger charge is -2.39. The molecule has 2 rings (SSSR count). The van der Waals surface area contributed by atoms with Crippen molar-refractivity contribution in [1.82, 2.24) is 10.2 Å². The summed E-state index contributed by atoms with van der Waals surface area (Å²) in [6.45, 7) is 8.40. The lowest BCUT2D eigenvalue weighted by molar-refractivity contribution is 0.126. The molecule has 1 saturated heterocycles. The van der Waals surface area contributed by atoms with Crippen molar-refractivity contribution in [3.05, 3.63) is 34.6 Å². The van der Waals surface area contributed by atoms with Crippen LogP contribution in [0.25, 0.3) is 0 Å². The van der Waals surface area contributed by atoms with Crippen molar-refractivity contribution in [3.63, 3.8) is 0 Å². The van der Waals surface area contributed by atoms with Crippen LogP contribution in [0.3, 0.4) is 0 Å². The molecule has 112 valence electrons. The van der Waals surface area contributed by atoms with Gasteiger partial charge in [-0.25, -0.2) is 4.39 Å². The summed E-state index contributed by atoms with van der Waals surface area (Å²) in [5.41, 5.74) is 0.939. The lowest BCUT2D eigenvalue weighted by Crippen LogP contribution is -2.46. The molecule has 1 fully saturated rings. The van der Waals surface area contributed by atoms with E-state index in [0.29, 0.717) is 10.9 Å². The molecule has 0 bridgehead atoms. The molecule has 0 aliphatic carbocycles. The zero-order valence-electron chi connectivity index (χ0n) is 12.3. The van der Waals surface area contributed by atoms with E-state index in [1.165, 1.54) is 6.07 Å². The van der Waals surface area contributed by atoms with Crippen LogP contribution >= 0.6 is 11.6 Å². The average molecular weight is 299 g/mol. The number of hydrogen-bond donors (Lipinski definition) is 1. The highest BCUT2D eigenvalue weighted by molar-refractivity contribution is 6.31. The van der Waals surface area contributed by atoms with E-state index in [2.05, 4.69) is 24.1 Å². The van der Waals surface area contributed by atoms with E-state index < -0.39 is 0 Å². The molecule has 1 aromatic carbocycles. The molecule has 0 aromatic heterocycles. The van der Waals surface area contributed by atoms with Gasteiger partial charge in [0, 0.05) is 37.2 Å². The van der Waals surface area contributed by atoms with Crippen molar-refractivity contribution in [3.8, 4) is 0 Å². The van der Waals surface area contributed by atoms with Crippen molar-refractivity contribution >= 4 is 11.6 Å². The molecular weight excluding hydrogens is 275 g/mol. The third-order valence-corrected chi connectivity index (χ3v) is 4.45. The van der Waals surface area contributed by atoms with E-state index in [9.17, 15) is 4.39 Å². The van der Waals surface area contributed by atoms with Gasteiger partial charge in [-0.1, -0.05) is 31.9 Å². The zero-order valence-corrected chi connectivity index (χ0v) is 13.1. The number of rotatable bonds is 5. The van der Waals surface area contributed by atoms with Gasteiger partial charge >= 0.3 is 0 Å². The quantitative estimate of drug-likeness (QED) is 0.888. The molecule has 2 nitrogen and oxygen atoms in total. The molecule has 1 N–H and O–H groups in total.